The lowest BCUT2D eigenvalue weighted by molar-refractivity contribution is 0.128. The van der Waals surface area contributed by atoms with E-state index >= 15 is 0 Å². The Morgan fingerprint density at radius 2 is 1.62 bits per heavy atom. The van der Waals surface area contributed by atoms with Gasteiger partial charge in [0.05, 0.1) is 0 Å². The van der Waals surface area contributed by atoms with Gasteiger partial charge in [-0.25, -0.2) is 0 Å². The van der Waals surface area contributed by atoms with E-state index in [9.17, 15) is 0 Å². The summed E-state index contributed by atoms with van der Waals surface area (Å²) in [6, 6.07) is 10.7. The van der Waals surface area contributed by atoms with Crippen molar-refractivity contribution in [1.82, 2.24) is 0 Å². The zero-order chi connectivity index (χ0) is 11.5. The highest BCUT2D eigenvalue weighted by Gasteiger charge is 1.93. The Labute approximate surface area is 99.8 Å². The van der Waals surface area contributed by atoms with Crippen LogP contribution < -0.4 is 0 Å². The largest absolute Gasteiger partial charge is 0.381 e. The maximum atomic E-state index is 5.49. The summed E-state index contributed by atoms with van der Waals surface area (Å²) in [5.74, 6) is 0. The normalized spacial score (nSPS) is 10.6. The molecule has 89 valence electrons. The first-order chi connectivity index (χ1) is 7.93. The highest BCUT2D eigenvalue weighted by atomic mass is 16.5. The Kier molecular flexibility index (Phi) is 7.79. The standard InChI is InChI=1S/C15H23O/c1-2-3-13-16-14-9-5-8-12-15-10-6-4-7-11-15/h4,6-7,10-11H,1-3,5,8-9,12-14H2. The van der Waals surface area contributed by atoms with E-state index < -0.39 is 0 Å². The van der Waals surface area contributed by atoms with Crippen molar-refractivity contribution in [3.05, 3.63) is 42.8 Å². The van der Waals surface area contributed by atoms with E-state index in [2.05, 4.69) is 37.3 Å². The van der Waals surface area contributed by atoms with Crippen molar-refractivity contribution >= 4 is 0 Å². The van der Waals surface area contributed by atoms with Gasteiger partial charge in [-0.15, -0.1) is 0 Å². The number of rotatable bonds is 9. The van der Waals surface area contributed by atoms with Crippen LogP contribution in [0.2, 0.25) is 0 Å². The minimum atomic E-state index is 0.877. The lowest BCUT2D eigenvalue weighted by atomic mass is 10.1. The van der Waals surface area contributed by atoms with Crippen LogP contribution in [0.3, 0.4) is 0 Å². The number of aryl methyl sites for hydroxylation is 1. The van der Waals surface area contributed by atoms with Gasteiger partial charge in [0, 0.05) is 13.2 Å². The second-order valence-electron chi connectivity index (χ2n) is 4.12. The zero-order valence-corrected chi connectivity index (χ0v) is 10.2. The number of hydrogen-bond acceptors (Lipinski definition) is 1. The first-order valence-electron chi connectivity index (χ1n) is 6.34. The zero-order valence-electron chi connectivity index (χ0n) is 10.2. The van der Waals surface area contributed by atoms with Crippen molar-refractivity contribution in [2.75, 3.05) is 13.2 Å². The number of ether oxygens (including phenoxy) is 1. The molecule has 0 fully saturated rings. The molecule has 1 aromatic rings. The summed E-state index contributed by atoms with van der Waals surface area (Å²) in [6.07, 6.45) is 6.98. The maximum Gasteiger partial charge on any atom is 0.0466 e. The molecule has 0 amide bonds. The molecular weight excluding hydrogens is 196 g/mol. The van der Waals surface area contributed by atoms with Gasteiger partial charge in [-0.2, -0.15) is 0 Å². The lowest BCUT2D eigenvalue weighted by Gasteiger charge is -2.03. The molecule has 16 heavy (non-hydrogen) atoms. The third kappa shape index (κ3) is 6.62. The molecule has 1 nitrogen and oxygen atoms in total. The van der Waals surface area contributed by atoms with E-state index in [4.69, 9.17) is 4.74 Å². The smallest absolute Gasteiger partial charge is 0.0466 e. The van der Waals surface area contributed by atoms with Crippen LogP contribution in [0.4, 0.5) is 0 Å². The van der Waals surface area contributed by atoms with Gasteiger partial charge < -0.3 is 4.74 Å². The molecule has 1 heteroatoms. The Morgan fingerprint density at radius 1 is 0.875 bits per heavy atom. The second-order valence-corrected chi connectivity index (χ2v) is 4.12. The van der Waals surface area contributed by atoms with Crippen molar-refractivity contribution < 1.29 is 4.74 Å². The Morgan fingerprint density at radius 3 is 2.38 bits per heavy atom. The Bertz CT molecular complexity index is 243. The Hall–Kier alpha value is -0.820. The van der Waals surface area contributed by atoms with Crippen LogP contribution in [0.15, 0.2) is 30.3 Å². The summed E-state index contributed by atoms with van der Waals surface area (Å²) in [7, 11) is 0. The Balaban J connectivity index is 1.89. The quantitative estimate of drug-likeness (QED) is 0.570. The fourth-order valence-corrected chi connectivity index (χ4v) is 1.66. The molecule has 0 heterocycles. The summed E-state index contributed by atoms with van der Waals surface area (Å²) in [5.41, 5.74) is 1.44. The van der Waals surface area contributed by atoms with Crippen molar-refractivity contribution in [2.45, 2.75) is 38.5 Å². The SMILES string of the molecule is [CH2]CCCOCCCCCc1ccccc1. The van der Waals surface area contributed by atoms with Gasteiger partial charge in [0.15, 0.2) is 0 Å². The summed E-state index contributed by atoms with van der Waals surface area (Å²) in [5, 5.41) is 0. The number of benzene rings is 1. The van der Waals surface area contributed by atoms with Crippen LogP contribution >= 0.6 is 0 Å². The predicted octanol–water partition coefficient (Wildman–Crippen LogP) is 4.03. The van der Waals surface area contributed by atoms with Crippen LogP contribution in [0, 0.1) is 6.92 Å². The molecule has 0 unspecified atom stereocenters. The van der Waals surface area contributed by atoms with Crippen LogP contribution in [0.1, 0.15) is 37.7 Å². The number of hydrogen-bond donors (Lipinski definition) is 0. The minimum Gasteiger partial charge on any atom is -0.381 e. The van der Waals surface area contributed by atoms with E-state index in [-0.39, 0.29) is 0 Å². The van der Waals surface area contributed by atoms with E-state index in [0.29, 0.717) is 0 Å². The average molecular weight is 219 g/mol. The molecular formula is C15H23O. The van der Waals surface area contributed by atoms with E-state index in [0.717, 1.165) is 26.1 Å². The molecule has 0 aliphatic carbocycles. The predicted molar refractivity (Wildman–Crippen MR) is 69.4 cm³/mol. The molecule has 0 aromatic heterocycles. The highest BCUT2D eigenvalue weighted by molar-refractivity contribution is 5.14. The van der Waals surface area contributed by atoms with E-state index in [1.807, 2.05) is 0 Å². The van der Waals surface area contributed by atoms with Crippen LogP contribution in [0.5, 0.6) is 0 Å². The molecule has 1 aromatic carbocycles. The summed E-state index contributed by atoms with van der Waals surface area (Å²) in [4.78, 5) is 0. The molecule has 0 spiro atoms. The topological polar surface area (TPSA) is 9.23 Å². The molecule has 0 aliphatic heterocycles. The highest BCUT2D eigenvalue weighted by Crippen LogP contribution is 2.06. The van der Waals surface area contributed by atoms with Crippen LogP contribution in [-0.2, 0) is 11.2 Å². The fraction of sp³-hybridized carbons (Fsp3) is 0.533. The van der Waals surface area contributed by atoms with E-state index in [1.54, 1.807) is 0 Å². The molecule has 0 saturated heterocycles. The van der Waals surface area contributed by atoms with Crippen LogP contribution in [0.25, 0.3) is 0 Å². The first-order valence-corrected chi connectivity index (χ1v) is 6.34. The molecule has 0 aliphatic rings. The third-order valence-electron chi connectivity index (χ3n) is 2.64. The first kappa shape index (κ1) is 13.2. The van der Waals surface area contributed by atoms with Crippen molar-refractivity contribution in [2.24, 2.45) is 0 Å². The molecule has 1 radical (unpaired) electrons. The van der Waals surface area contributed by atoms with Gasteiger partial charge in [0.2, 0.25) is 0 Å². The summed E-state index contributed by atoms with van der Waals surface area (Å²) >= 11 is 0. The second kappa shape index (κ2) is 9.41. The van der Waals surface area contributed by atoms with Crippen molar-refractivity contribution in [3.63, 3.8) is 0 Å². The number of unbranched alkanes of at least 4 members (excludes halogenated alkanes) is 3. The summed E-state index contributed by atoms with van der Waals surface area (Å²) in [6.45, 7) is 5.58. The van der Waals surface area contributed by atoms with Gasteiger partial charge >= 0.3 is 0 Å². The third-order valence-corrected chi connectivity index (χ3v) is 2.64. The van der Waals surface area contributed by atoms with E-state index in [1.165, 1.54) is 31.2 Å². The average Bonchev–Trinajstić information content (AvgIpc) is 2.34. The molecule has 0 saturated carbocycles. The van der Waals surface area contributed by atoms with Crippen LogP contribution in [-0.4, -0.2) is 13.2 Å². The maximum absolute atomic E-state index is 5.49. The van der Waals surface area contributed by atoms with Gasteiger partial charge in [-0.1, -0.05) is 50.1 Å². The molecule has 0 atom stereocenters. The lowest BCUT2D eigenvalue weighted by Crippen LogP contribution is -1.97. The molecule has 0 N–H and O–H groups in total. The molecule has 0 bridgehead atoms. The van der Waals surface area contributed by atoms with Gasteiger partial charge in [0.1, 0.15) is 0 Å². The van der Waals surface area contributed by atoms with Gasteiger partial charge in [0.25, 0.3) is 0 Å². The minimum absolute atomic E-state index is 0.877. The monoisotopic (exact) mass is 219 g/mol. The van der Waals surface area contributed by atoms with Gasteiger partial charge in [-0.05, 0) is 31.2 Å². The fourth-order valence-electron chi connectivity index (χ4n) is 1.66. The summed E-state index contributed by atoms with van der Waals surface area (Å²) < 4.78 is 5.49. The van der Waals surface area contributed by atoms with Crippen molar-refractivity contribution in [1.29, 1.82) is 0 Å². The van der Waals surface area contributed by atoms with Crippen molar-refractivity contribution in [3.8, 4) is 0 Å². The molecule has 1 rings (SSSR count). The van der Waals surface area contributed by atoms with Gasteiger partial charge in [-0.3, -0.25) is 0 Å².